The van der Waals surface area contributed by atoms with Crippen molar-refractivity contribution in [2.75, 3.05) is 18.4 Å². The first-order valence-electron chi connectivity index (χ1n) is 9.14. The van der Waals surface area contributed by atoms with Gasteiger partial charge in [0.1, 0.15) is 0 Å². The van der Waals surface area contributed by atoms with E-state index in [0.717, 1.165) is 16.3 Å². The third-order valence-electron chi connectivity index (χ3n) is 4.61. The molecule has 3 amide bonds. The second-order valence-electron chi connectivity index (χ2n) is 6.80. The molecule has 5 nitrogen and oxygen atoms in total. The van der Waals surface area contributed by atoms with Gasteiger partial charge in [0, 0.05) is 36.2 Å². The van der Waals surface area contributed by atoms with Crippen molar-refractivity contribution in [1.82, 2.24) is 10.2 Å². The van der Waals surface area contributed by atoms with Gasteiger partial charge in [-0.15, -0.1) is 11.8 Å². The van der Waals surface area contributed by atoms with Gasteiger partial charge < -0.3 is 15.5 Å². The van der Waals surface area contributed by atoms with Gasteiger partial charge in [-0.2, -0.15) is 0 Å². The Bertz CT molecular complexity index is 807. The van der Waals surface area contributed by atoms with Crippen molar-refractivity contribution in [3.8, 4) is 0 Å². The highest BCUT2D eigenvalue weighted by Gasteiger charge is 2.24. The van der Waals surface area contributed by atoms with E-state index in [9.17, 15) is 9.59 Å². The van der Waals surface area contributed by atoms with Crippen LogP contribution in [-0.2, 0) is 10.5 Å². The van der Waals surface area contributed by atoms with Gasteiger partial charge in [-0.1, -0.05) is 42.0 Å². The monoisotopic (exact) mass is 383 g/mol. The van der Waals surface area contributed by atoms with Gasteiger partial charge in [0.25, 0.3) is 0 Å². The van der Waals surface area contributed by atoms with Crippen molar-refractivity contribution in [2.45, 2.75) is 37.0 Å². The van der Waals surface area contributed by atoms with Crippen LogP contribution in [-0.4, -0.2) is 36.0 Å². The zero-order valence-electron chi connectivity index (χ0n) is 15.7. The molecule has 1 atom stereocenters. The minimum atomic E-state index is -0.164. The molecular weight excluding hydrogens is 358 g/mol. The summed E-state index contributed by atoms with van der Waals surface area (Å²) in [6.07, 6.45) is 0.335. The van der Waals surface area contributed by atoms with Gasteiger partial charge in [0.05, 0.1) is 5.69 Å². The summed E-state index contributed by atoms with van der Waals surface area (Å²) in [5.41, 5.74) is 3.30. The molecule has 1 fully saturated rings. The highest BCUT2D eigenvalue weighted by atomic mass is 32.2. The summed E-state index contributed by atoms with van der Waals surface area (Å²) >= 11 is 1.70. The Balaban J connectivity index is 1.67. The summed E-state index contributed by atoms with van der Waals surface area (Å²) < 4.78 is 0. The first-order chi connectivity index (χ1) is 13.0. The van der Waals surface area contributed by atoms with E-state index in [1.165, 1.54) is 11.1 Å². The number of aryl methyl sites for hydroxylation is 1. The van der Waals surface area contributed by atoms with Crippen LogP contribution in [0.4, 0.5) is 10.5 Å². The number of hydrogen-bond donors (Lipinski definition) is 2. The fourth-order valence-electron chi connectivity index (χ4n) is 2.93. The second kappa shape index (κ2) is 8.95. The highest BCUT2D eigenvalue weighted by molar-refractivity contribution is 7.98. The summed E-state index contributed by atoms with van der Waals surface area (Å²) in [5.74, 6) is 0.831. The smallest absolute Gasteiger partial charge is 0.322 e. The molecule has 1 saturated heterocycles. The fraction of sp³-hybridized carbons (Fsp3) is 0.333. The van der Waals surface area contributed by atoms with Gasteiger partial charge in [-0.05, 0) is 31.5 Å². The lowest BCUT2D eigenvalue weighted by atomic mass is 10.2. The van der Waals surface area contributed by atoms with Crippen LogP contribution in [0, 0.1) is 6.92 Å². The Labute approximate surface area is 164 Å². The van der Waals surface area contributed by atoms with Crippen LogP contribution in [0.5, 0.6) is 0 Å². The number of amides is 3. The Kier molecular flexibility index (Phi) is 6.40. The van der Waals surface area contributed by atoms with E-state index in [1.807, 2.05) is 31.2 Å². The predicted octanol–water partition coefficient (Wildman–Crippen LogP) is 4.03. The van der Waals surface area contributed by atoms with E-state index in [0.29, 0.717) is 19.5 Å². The molecule has 3 rings (SSSR count). The molecule has 27 heavy (non-hydrogen) atoms. The highest BCUT2D eigenvalue weighted by Crippen LogP contribution is 2.30. The standard InChI is InChI=1S/C21H25N3O2S/c1-15-7-9-17(10-8-15)14-27-19-6-4-3-5-18(19)23-21(26)24-12-11-20(25)22-13-16(24)2/h3-10,16H,11-14H2,1-2H3,(H,22,25)(H,23,26)/t16-/m0/s1. The number of rotatable bonds is 4. The topological polar surface area (TPSA) is 61.4 Å². The van der Waals surface area contributed by atoms with Crippen molar-refractivity contribution >= 4 is 29.4 Å². The number of carbonyl (C=O) groups is 2. The summed E-state index contributed by atoms with van der Waals surface area (Å²) in [5, 5.41) is 5.86. The summed E-state index contributed by atoms with van der Waals surface area (Å²) in [6.45, 7) is 4.94. The summed E-state index contributed by atoms with van der Waals surface area (Å²) in [6, 6.07) is 16.1. The molecule has 0 aromatic heterocycles. The Morgan fingerprint density at radius 3 is 2.74 bits per heavy atom. The van der Waals surface area contributed by atoms with Crippen LogP contribution >= 0.6 is 11.8 Å². The normalized spacial score (nSPS) is 17.2. The van der Waals surface area contributed by atoms with Crippen LogP contribution in [0.3, 0.4) is 0 Å². The predicted molar refractivity (Wildman–Crippen MR) is 110 cm³/mol. The molecule has 0 radical (unpaired) electrons. The van der Waals surface area contributed by atoms with Crippen LogP contribution in [0.15, 0.2) is 53.4 Å². The minimum Gasteiger partial charge on any atom is -0.354 e. The Hall–Kier alpha value is -2.47. The molecule has 0 bridgehead atoms. The molecule has 2 N–H and O–H groups in total. The quantitative estimate of drug-likeness (QED) is 0.784. The van der Waals surface area contributed by atoms with E-state index in [1.54, 1.807) is 16.7 Å². The van der Waals surface area contributed by atoms with Crippen molar-refractivity contribution in [3.05, 3.63) is 59.7 Å². The molecule has 1 heterocycles. The molecule has 6 heteroatoms. The molecule has 0 unspecified atom stereocenters. The van der Waals surface area contributed by atoms with E-state index in [-0.39, 0.29) is 18.0 Å². The average Bonchev–Trinajstić information content (AvgIpc) is 2.83. The fourth-order valence-corrected chi connectivity index (χ4v) is 3.90. The van der Waals surface area contributed by atoms with Gasteiger partial charge >= 0.3 is 6.03 Å². The van der Waals surface area contributed by atoms with Gasteiger partial charge in [-0.25, -0.2) is 4.79 Å². The van der Waals surface area contributed by atoms with Crippen LogP contribution in [0.2, 0.25) is 0 Å². The number of urea groups is 1. The number of thioether (sulfide) groups is 1. The third-order valence-corrected chi connectivity index (χ3v) is 5.76. The molecule has 1 aliphatic rings. The van der Waals surface area contributed by atoms with Crippen molar-refractivity contribution in [3.63, 3.8) is 0 Å². The lowest BCUT2D eigenvalue weighted by Crippen LogP contribution is -2.44. The zero-order chi connectivity index (χ0) is 19.2. The Morgan fingerprint density at radius 1 is 1.22 bits per heavy atom. The number of para-hydroxylation sites is 1. The molecule has 1 aliphatic heterocycles. The lowest BCUT2D eigenvalue weighted by Gasteiger charge is -2.27. The zero-order valence-corrected chi connectivity index (χ0v) is 16.5. The molecule has 0 saturated carbocycles. The molecular formula is C21H25N3O2S. The lowest BCUT2D eigenvalue weighted by molar-refractivity contribution is -0.120. The number of hydrogen-bond acceptors (Lipinski definition) is 3. The van der Waals surface area contributed by atoms with Crippen LogP contribution < -0.4 is 10.6 Å². The SMILES string of the molecule is Cc1ccc(CSc2ccccc2NC(=O)N2CCC(=O)NC[C@@H]2C)cc1. The van der Waals surface area contributed by atoms with Crippen LogP contribution in [0.25, 0.3) is 0 Å². The molecule has 2 aromatic rings. The van der Waals surface area contributed by atoms with Gasteiger partial charge in [-0.3, -0.25) is 4.79 Å². The van der Waals surface area contributed by atoms with Crippen LogP contribution in [0.1, 0.15) is 24.5 Å². The number of nitrogens with one attached hydrogen (secondary N) is 2. The third kappa shape index (κ3) is 5.26. The van der Waals surface area contributed by atoms with Crippen molar-refractivity contribution < 1.29 is 9.59 Å². The maximum Gasteiger partial charge on any atom is 0.322 e. The molecule has 0 spiro atoms. The van der Waals surface area contributed by atoms with E-state index in [4.69, 9.17) is 0 Å². The summed E-state index contributed by atoms with van der Waals surface area (Å²) in [4.78, 5) is 27.1. The molecule has 2 aromatic carbocycles. The summed E-state index contributed by atoms with van der Waals surface area (Å²) in [7, 11) is 0. The van der Waals surface area contributed by atoms with Crippen molar-refractivity contribution in [2.24, 2.45) is 0 Å². The number of carbonyl (C=O) groups excluding carboxylic acids is 2. The Morgan fingerprint density at radius 2 is 1.96 bits per heavy atom. The number of benzene rings is 2. The first kappa shape index (κ1) is 19.3. The maximum absolute atomic E-state index is 12.8. The minimum absolute atomic E-state index is 0.00814. The maximum atomic E-state index is 12.8. The van der Waals surface area contributed by atoms with E-state index < -0.39 is 0 Å². The average molecular weight is 384 g/mol. The van der Waals surface area contributed by atoms with Gasteiger partial charge in [0.15, 0.2) is 0 Å². The van der Waals surface area contributed by atoms with Gasteiger partial charge in [0.2, 0.25) is 5.91 Å². The number of nitrogens with zero attached hydrogens (tertiary/aromatic N) is 1. The van der Waals surface area contributed by atoms with Crippen molar-refractivity contribution in [1.29, 1.82) is 0 Å². The second-order valence-corrected chi connectivity index (χ2v) is 7.81. The van der Waals surface area contributed by atoms with E-state index >= 15 is 0 Å². The largest absolute Gasteiger partial charge is 0.354 e. The molecule has 142 valence electrons. The molecule has 0 aliphatic carbocycles. The van der Waals surface area contributed by atoms with E-state index in [2.05, 4.69) is 41.8 Å². The number of anilines is 1. The first-order valence-corrected chi connectivity index (χ1v) is 10.1.